The molecule has 0 fully saturated rings. The number of aromatic carboxylic acids is 1. The molecule has 0 saturated heterocycles. The molecule has 2 heterocycles. The van der Waals surface area contributed by atoms with Crippen molar-refractivity contribution in [2.75, 3.05) is 5.32 Å². The van der Waals surface area contributed by atoms with Crippen molar-refractivity contribution >= 4 is 17.6 Å². The number of benzene rings is 1. The highest BCUT2D eigenvalue weighted by Gasteiger charge is 2.21. The lowest BCUT2D eigenvalue weighted by Crippen LogP contribution is -2.03. The maximum Gasteiger partial charge on any atom is 0.358 e. The first-order chi connectivity index (χ1) is 9.04. The van der Waals surface area contributed by atoms with Gasteiger partial charge in [-0.3, -0.25) is 4.79 Å². The molecule has 0 unspecified atom stereocenters. The minimum Gasteiger partial charge on any atom is -0.476 e. The van der Waals surface area contributed by atoms with Crippen LogP contribution in [-0.4, -0.2) is 22.0 Å². The smallest absolute Gasteiger partial charge is 0.358 e. The number of carboxylic acids is 1. The zero-order chi connectivity index (χ0) is 13.6. The van der Waals surface area contributed by atoms with Crippen molar-refractivity contribution in [1.82, 2.24) is 4.98 Å². The number of nitrogens with one attached hydrogen (secondary N) is 1. The van der Waals surface area contributed by atoms with E-state index in [-0.39, 0.29) is 23.3 Å². The van der Waals surface area contributed by atoms with Gasteiger partial charge in [0.05, 0.1) is 6.42 Å². The monoisotopic (exact) mass is 258 g/mol. The van der Waals surface area contributed by atoms with Crippen LogP contribution in [0.4, 0.5) is 5.69 Å². The molecule has 0 radical (unpaired) electrons. The summed E-state index contributed by atoms with van der Waals surface area (Å²) in [5, 5.41) is 11.7. The van der Waals surface area contributed by atoms with Crippen LogP contribution in [-0.2, 0) is 11.2 Å². The number of amides is 1. The summed E-state index contributed by atoms with van der Waals surface area (Å²) in [6, 6.07) is 5.28. The molecule has 1 amide bonds. The van der Waals surface area contributed by atoms with Gasteiger partial charge in [-0.15, -0.1) is 0 Å². The summed E-state index contributed by atoms with van der Waals surface area (Å²) < 4.78 is 5.35. The number of aryl methyl sites for hydroxylation is 1. The van der Waals surface area contributed by atoms with E-state index >= 15 is 0 Å². The lowest BCUT2D eigenvalue weighted by molar-refractivity contribution is -0.115. The van der Waals surface area contributed by atoms with Gasteiger partial charge in [0.15, 0.2) is 5.69 Å². The number of hydrogen-bond donors (Lipinski definition) is 2. The summed E-state index contributed by atoms with van der Waals surface area (Å²) >= 11 is 0. The second-order valence-electron chi connectivity index (χ2n) is 4.33. The fourth-order valence-electron chi connectivity index (χ4n) is 2.08. The largest absolute Gasteiger partial charge is 0.476 e. The number of carbonyl (C=O) groups excluding carboxylic acids is 1. The summed E-state index contributed by atoms with van der Waals surface area (Å²) in [6.45, 7) is 1.55. The fourth-order valence-corrected chi connectivity index (χ4v) is 2.08. The maximum absolute atomic E-state index is 11.3. The summed E-state index contributed by atoms with van der Waals surface area (Å²) in [7, 11) is 0. The third-order valence-electron chi connectivity index (χ3n) is 2.98. The lowest BCUT2D eigenvalue weighted by Gasteiger charge is -2.00. The molecule has 2 N–H and O–H groups in total. The average Bonchev–Trinajstić information content (AvgIpc) is 2.89. The number of anilines is 1. The van der Waals surface area contributed by atoms with E-state index in [1.54, 1.807) is 25.1 Å². The van der Waals surface area contributed by atoms with Gasteiger partial charge in [0.2, 0.25) is 11.8 Å². The molecule has 0 saturated carbocycles. The Bertz CT molecular complexity index is 703. The van der Waals surface area contributed by atoms with Gasteiger partial charge in [-0.1, -0.05) is 0 Å². The van der Waals surface area contributed by atoms with E-state index in [0.717, 1.165) is 11.3 Å². The molecule has 3 rings (SSSR count). The van der Waals surface area contributed by atoms with E-state index in [9.17, 15) is 9.59 Å². The normalized spacial score (nSPS) is 13.2. The quantitative estimate of drug-likeness (QED) is 0.857. The summed E-state index contributed by atoms with van der Waals surface area (Å²) in [5.41, 5.74) is 2.20. The van der Waals surface area contributed by atoms with Crippen molar-refractivity contribution in [3.05, 3.63) is 35.2 Å². The standard InChI is InChI=1S/C13H10N2O4/c1-6-11(13(17)18)15-12(19-6)7-2-3-9-8(4-7)5-10(16)14-9/h2-4H,5H2,1H3,(H,14,16)(H,17,18). The van der Waals surface area contributed by atoms with Gasteiger partial charge in [-0.2, -0.15) is 0 Å². The number of nitrogens with zero attached hydrogens (tertiary/aromatic N) is 1. The van der Waals surface area contributed by atoms with Crippen LogP contribution in [0.5, 0.6) is 0 Å². The SMILES string of the molecule is Cc1oc(-c2ccc3c(c2)CC(=O)N3)nc1C(=O)O. The third kappa shape index (κ3) is 1.87. The molecule has 1 aromatic heterocycles. The molecule has 19 heavy (non-hydrogen) atoms. The Morgan fingerprint density at radius 3 is 2.95 bits per heavy atom. The van der Waals surface area contributed by atoms with Crippen LogP contribution in [0, 0.1) is 6.92 Å². The van der Waals surface area contributed by atoms with Gasteiger partial charge >= 0.3 is 5.97 Å². The Balaban J connectivity index is 2.04. The highest BCUT2D eigenvalue weighted by Crippen LogP contribution is 2.29. The molecule has 1 aromatic carbocycles. The number of aromatic nitrogens is 1. The van der Waals surface area contributed by atoms with Gasteiger partial charge < -0.3 is 14.8 Å². The maximum atomic E-state index is 11.3. The van der Waals surface area contributed by atoms with Gasteiger partial charge in [-0.25, -0.2) is 9.78 Å². The first-order valence-electron chi connectivity index (χ1n) is 5.68. The van der Waals surface area contributed by atoms with Crippen LogP contribution in [0.25, 0.3) is 11.5 Å². The molecule has 6 nitrogen and oxygen atoms in total. The van der Waals surface area contributed by atoms with Crippen LogP contribution < -0.4 is 5.32 Å². The molecule has 1 aliphatic rings. The number of hydrogen-bond acceptors (Lipinski definition) is 4. The van der Waals surface area contributed by atoms with Crippen LogP contribution in [0.2, 0.25) is 0 Å². The first-order valence-corrected chi connectivity index (χ1v) is 5.68. The summed E-state index contributed by atoms with van der Waals surface area (Å²) in [5.74, 6) is -0.665. The van der Waals surface area contributed by atoms with E-state index in [1.807, 2.05) is 0 Å². The lowest BCUT2D eigenvalue weighted by atomic mass is 10.1. The van der Waals surface area contributed by atoms with Crippen molar-refractivity contribution in [2.45, 2.75) is 13.3 Å². The minimum absolute atomic E-state index is 0.0537. The molecular weight excluding hydrogens is 248 g/mol. The second-order valence-corrected chi connectivity index (χ2v) is 4.33. The molecule has 0 bridgehead atoms. The van der Waals surface area contributed by atoms with Crippen molar-refractivity contribution in [2.24, 2.45) is 0 Å². The van der Waals surface area contributed by atoms with Crippen molar-refractivity contribution in [3.63, 3.8) is 0 Å². The van der Waals surface area contributed by atoms with E-state index in [0.29, 0.717) is 12.0 Å². The zero-order valence-corrected chi connectivity index (χ0v) is 10.1. The highest BCUT2D eigenvalue weighted by molar-refractivity contribution is 5.99. The van der Waals surface area contributed by atoms with Gasteiger partial charge in [0.1, 0.15) is 5.76 Å². The molecule has 1 aliphatic heterocycles. The van der Waals surface area contributed by atoms with Crippen LogP contribution in [0.3, 0.4) is 0 Å². The molecule has 0 aliphatic carbocycles. The summed E-state index contributed by atoms with van der Waals surface area (Å²) in [6.07, 6.45) is 0.314. The highest BCUT2D eigenvalue weighted by atomic mass is 16.4. The fraction of sp³-hybridized carbons (Fsp3) is 0.154. The molecule has 0 spiro atoms. The van der Waals surface area contributed by atoms with Gasteiger partial charge in [0, 0.05) is 11.3 Å². The minimum atomic E-state index is -1.12. The second kappa shape index (κ2) is 3.94. The summed E-state index contributed by atoms with van der Waals surface area (Å²) in [4.78, 5) is 26.1. The molecule has 2 aromatic rings. The zero-order valence-electron chi connectivity index (χ0n) is 10.1. The number of carbonyl (C=O) groups is 2. The van der Waals surface area contributed by atoms with E-state index < -0.39 is 5.97 Å². The van der Waals surface area contributed by atoms with Crippen LogP contribution in [0.1, 0.15) is 21.8 Å². The predicted octanol–water partition coefficient (Wildman–Crippen LogP) is 1.84. The number of oxazole rings is 1. The number of rotatable bonds is 2. The van der Waals surface area contributed by atoms with Gasteiger partial charge in [-0.05, 0) is 30.7 Å². The molecule has 0 atom stereocenters. The Hall–Kier alpha value is -2.63. The van der Waals surface area contributed by atoms with Gasteiger partial charge in [0.25, 0.3) is 0 Å². The number of carboxylic acid groups (broad SMARTS) is 1. The molecule has 6 heteroatoms. The first kappa shape index (κ1) is 11.5. The Morgan fingerprint density at radius 1 is 1.47 bits per heavy atom. The van der Waals surface area contributed by atoms with Crippen molar-refractivity contribution in [3.8, 4) is 11.5 Å². The predicted molar refractivity (Wildman–Crippen MR) is 66.0 cm³/mol. The van der Waals surface area contributed by atoms with Crippen molar-refractivity contribution < 1.29 is 19.1 Å². The Kier molecular flexibility index (Phi) is 2.38. The van der Waals surface area contributed by atoms with Crippen molar-refractivity contribution in [1.29, 1.82) is 0 Å². The van der Waals surface area contributed by atoms with E-state index in [2.05, 4.69) is 10.3 Å². The Morgan fingerprint density at radius 2 is 2.26 bits per heavy atom. The van der Waals surface area contributed by atoms with Crippen LogP contribution >= 0.6 is 0 Å². The third-order valence-corrected chi connectivity index (χ3v) is 2.98. The van der Waals surface area contributed by atoms with Crippen LogP contribution in [0.15, 0.2) is 22.6 Å². The molecule has 96 valence electrons. The topological polar surface area (TPSA) is 92.4 Å². The van der Waals surface area contributed by atoms with E-state index in [1.165, 1.54) is 0 Å². The molecular formula is C13H10N2O4. The Labute approximate surface area is 108 Å². The van der Waals surface area contributed by atoms with E-state index in [4.69, 9.17) is 9.52 Å². The number of fused-ring (bicyclic) bond motifs is 1. The average molecular weight is 258 g/mol.